The molecule has 0 aromatic carbocycles. The number of aliphatic hydroxyl groups is 2. The zero-order valence-electron chi connectivity index (χ0n) is 33.4. The van der Waals surface area contributed by atoms with E-state index < -0.39 is 33.9 Å². The number of carbonyl (C=O) groups is 2. The number of methoxy groups -OCH3 is 2. The number of hydrogen-bond donors (Lipinski definition) is 2. The highest BCUT2D eigenvalue weighted by atomic mass is 16.7. The summed E-state index contributed by atoms with van der Waals surface area (Å²) in [6, 6.07) is 0. The van der Waals surface area contributed by atoms with E-state index in [0.29, 0.717) is 25.7 Å². The Morgan fingerprint density at radius 1 is 0.673 bits per heavy atom. The van der Waals surface area contributed by atoms with Gasteiger partial charge in [0.1, 0.15) is 25.2 Å². The fraction of sp³-hybridized carbons (Fsp3) is 0.773. The van der Waals surface area contributed by atoms with Gasteiger partial charge in [-0.1, -0.05) is 66.9 Å². The van der Waals surface area contributed by atoms with Crippen molar-refractivity contribution in [3.63, 3.8) is 0 Å². The lowest BCUT2D eigenvalue weighted by Crippen LogP contribution is -2.60. The molecule has 6 aliphatic rings. The first-order valence-electron chi connectivity index (χ1n) is 19.6. The van der Waals surface area contributed by atoms with Gasteiger partial charge in [0.25, 0.3) is 0 Å². The largest absolute Gasteiger partial charge is 0.392 e. The van der Waals surface area contributed by atoms with E-state index in [-0.39, 0.29) is 71.9 Å². The van der Waals surface area contributed by atoms with Crippen molar-refractivity contribution in [2.75, 3.05) is 27.8 Å². The summed E-state index contributed by atoms with van der Waals surface area (Å²) >= 11 is 0. The summed E-state index contributed by atoms with van der Waals surface area (Å²) in [7, 11) is 3.21. The second-order valence-electron chi connectivity index (χ2n) is 18.5. The third-order valence-electron chi connectivity index (χ3n) is 16.2. The predicted octanol–water partition coefficient (Wildman–Crippen LogP) is 7.78. The number of ether oxygens (including phenoxy) is 4. The van der Waals surface area contributed by atoms with Gasteiger partial charge in [-0.05, 0) is 74.3 Å². The van der Waals surface area contributed by atoms with Crippen molar-refractivity contribution in [2.45, 2.75) is 130 Å². The van der Waals surface area contributed by atoms with Crippen LogP contribution in [0.4, 0.5) is 0 Å². The van der Waals surface area contributed by atoms with E-state index in [2.05, 4.69) is 67.9 Å². The van der Waals surface area contributed by atoms with Crippen LogP contribution in [0.3, 0.4) is 0 Å². The summed E-state index contributed by atoms with van der Waals surface area (Å²) < 4.78 is 22.6. The third-order valence-corrected chi connectivity index (χ3v) is 16.2. The first-order chi connectivity index (χ1) is 24.3. The molecule has 0 aromatic rings. The number of ketones is 2. The molecule has 0 heterocycles. The Bertz CT molecular complexity index is 1330. The van der Waals surface area contributed by atoms with Gasteiger partial charge in [0, 0.05) is 71.4 Å². The van der Waals surface area contributed by atoms with Crippen LogP contribution in [-0.2, 0) is 28.5 Å². The highest BCUT2D eigenvalue weighted by Gasteiger charge is 2.68. The van der Waals surface area contributed by atoms with E-state index in [4.69, 9.17) is 18.9 Å². The molecule has 0 aliphatic heterocycles. The van der Waals surface area contributed by atoms with Gasteiger partial charge in [-0.15, -0.1) is 13.2 Å². The summed E-state index contributed by atoms with van der Waals surface area (Å²) in [6.07, 6.45) is 9.60. The molecule has 292 valence electrons. The van der Waals surface area contributed by atoms with E-state index in [1.54, 1.807) is 14.2 Å². The molecule has 8 nitrogen and oxygen atoms in total. The molecule has 6 fully saturated rings. The fourth-order valence-electron chi connectivity index (χ4n) is 12.5. The van der Waals surface area contributed by atoms with Gasteiger partial charge in [0.05, 0.1) is 24.4 Å². The van der Waals surface area contributed by atoms with Crippen molar-refractivity contribution in [2.24, 2.45) is 56.2 Å². The van der Waals surface area contributed by atoms with Crippen LogP contribution in [0.1, 0.15) is 106 Å². The zero-order valence-corrected chi connectivity index (χ0v) is 33.4. The topological polar surface area (TPSA) is 112 Å². The lowest BCUT2D eigenvalue weighted by molar-refractivity contribution is -0.171. The van der Waals surface area contributed by atoms with Crippen LogP contribution in [-0.4, -0.2) is 74.0 Å². The zero-order chi connectivity index (χ0) is 38.7. The second kappa shape index (κ2) is 14.6. The first-order valence-corrected chi connectivity index (χ1v) is 19.6. The molecule has 0 saturated heterocycles. The van der Waals surface area contributed by atoms with Crippen LogP contribution >= 0.6 is 0 Å². The minimum atomic E-state index is -0.589. The molecule has 0 amide bonds. The third kappa shape index (κ3) is 5.92. The highest BCUT2D eigenvalue weighted by Crippen LogP contribution is 2.69. The Morgan fingerprint density at radius 3 is 1.33 bits per heavy atom. The monoisotopic (exact) mass is 724 g/mol. The molecular formula is C44H68O8. The molecular weight excluding hydrogens is 656 g/mol. The van der Waals surface area contributed by atoms with E-state index in [0.717, 1.165) is 49.7 Å². The Labute approximate surface area is 313 Å². The van der Waals surface area contributed by atoms with Crippen LogP contribution in [0.2, 0.25) is 0 Å². The standard InChI is InChI=1S/2C22H34O4/c2*1-7-20(4)12-17(24)21(5)14(2)8-10-22(11-9-16(23)18(21)22)15(3)19(20)26-13-25-6/h2*7,14,17-19,24H,1,3,8-13H2,2,4-6H3/t14-,17-,18+,19+,20+,21+,22+;14-,17-,18+,19+,20-,21+,22+/m11/s1. The maximum atomic E-state index is 13.0. The Hall–Kier alpha value is -1.94. The molecule has 8 heteroatoms. The number of aliphatic hydroxyl groups excluding tert-OH is 2. The Balaban J connectivity index is 0.000000201. The van der Waals surface area contributed by atoms with Crippen molar-refractivity contribution >= 4 is 11.6 Å². The fourth-order valence-corrected chi connectivity index (χ4v) is 12.5. The lowest BCUT2D eigenvalue weighted by Gasteiger charge is -2.60. The van der Waals surface area contributed by atoms with Crippen molar-refractivity contribution in [1.29, 1.82) is 0 Å². The first kappa shape index (κ1) is 41.2. The molecule has 14 atom stereocenters. The molecule has 0 aromatic heterocycles. The summed E-state index contributed by atoms with van der Waals surface area (Å²) in [4.78, 5) is 26.1. The minimum Gasteiger partial charge on any atom is -0.392 e. The number of hydrogen-bond acceptors (Lipinski definition) is 8. The van der Waals surface area contributed by atoms with Crippen LogP contribution in [0.5, 0.6) is 0 Å². The van der Waals surface area contributed by atoms with Gasteiger partial charge >= 0.3 is 0 Å². The number of carbonyl (C=O) groups excluding carboxylic acids is 2. The van der Waals surface area contributed by atoms with Gasteiger partial charge in [0.2, 0.25) is 0 Å². The molecule has 2 N–H and O–H groups in total. The molecule has 0 unspecified atom stereocenters. The quantitative estimate of drug-likeness (QED) is 0.193. The summed E-state index contributed by atoms with van der Waals surface area (Å²) in [5, 5.41) is 22.8. The minimum absolute atomic E-state index is 0.158. The SMILES string of the molecule is C=C[C@@]1(C)C[C@@H](O)[C@]2(C)[C@H](C)CC[C@]3(CCC(=O)[C@H]32)C(=C)[C@@H]1OCOC.C=C[C@]1(C)C[C@@H](O)[C@]2(C)[C@H](C)CC[C@]3(CCC(=O)[C@H]32)C(=C)[C@@H]1OCOC. The second-order valence-corrected chi connectivity index (χ2v) is 18.5. The molecule has 0 radical (unpaired) electrons. The lowest BCUT2D eigenvalue weighted by atomic mass is 9.45. The Kier molecular flexibility index (Phi) is 11.6. The average Bonchev–Trinajstić information content (AvgIpc) is 3.66. The molecule has 6 rings (SSSR count). The van der Waals surface area contributed by atoms with Gasteiger partial charge in [-0.2, -0.15) is 0 Å². The molecule has 4 bridgehead atoms. The smallest absolute Gasteiger partial charge is 0.147 e. The van der Waals surface area contributed by atoms with E-state index in [1.165, 1.54) is 0 Å². The number of Topliss-reactive ketones (excluding diaryl/α,β-unsaturated/α-hetero) is 2. The van der Waals surface area contributed by atoms with Crippen molar-refractivity contribution < 1.29 is 38.7 Å². The highest BCUT2D eigenvalue weighted by molar-refractivity contribution is 5.87. The summed E-state index contributed by atoms with van der Waals surface area (Å²) in [6.45, 7) is 30.2. The molecule has 6 aliphatic carbocycles. The van der Waals surface area contributed by atoms with Crippen molar-refractivity contribution in [1.82, 2.24) is 0 Å². The van der Waals surface area contributed by atoms with E-state index in [9.17, 15) is 19.8 Å². The van der Waals surface area contributed by atoms with Gasteiger partial charge < -0.3 is 29.2 Å². The average molecular weight is 725 g/mol. The van der Waals surface area contributed by atoms with Crippen molar-refractivity contribution in [3.8, 4) is 0 Å². The summed E-state index contributed by atoms with van der Waals surface area (Å²) in [5.74, 6) is 0.791. The van der Waals surface area contributed by atoms with Crippen LogP contribution in [0.25, 0.3) is 0 Å². The van der Waals surface area contributed by atoms with Crippen molar-refractivity contribution in [3.05, 3.63) is 49.6 Å². The van der Waals surface area contributed by atoms with E-state index >= 15 is 0 Å². The van der Waals surface area contributed by atoms with Gasteiger partial charge in [-0.3, -0.25) is 9.59 Å². The molecule has 52 heavy (non-hydrogen) atoms. The maximum absolute atomic E-state index is 13.0. The van der Waals surface area contributed by atoms with Gasteiger partial charge in [-0.25, -0.2) is 0 Å². The normalized spacial score (nSPS) is 48.7. The Morgan fingerprint density at radius 2 is 1.02 bits per heavy atom. The maximum Gasteiger partial charge on any atom is 0.147 e. The van der Waals surface area contributed by atoms with Crippen LogP contribution in [0, 0.1) is 56.2 Å². The van der Waals surface area contributed by atoms with Gasteiger partial charge in [0.15, 0.2) is 0 Å². The van der Waals surface area contributed by atoms with Crippen LogP contribution in [0.15, 0.2) is 49.6 Å². The van der Waals surface area contributed by atoms with Crippen LogP contribution < -0.4 is 0 Å². The molecule has 6 saturated carbocycles. The summed E-state index contributed by atoms with van der Waals surface area (Å²) in [5.41, 5.74) is -0.384. The predicted molar refractivity (Wildman–Crippen MR) is 203 cm³/mol. The number of rotatable bonds is 8. The van der Waals surface area contributed by atoms with E-state index in [1.807, 2.05) is 12.2 Å². The molecule has 0 spiro atoms.